The molecule has 0 aromatic rings. The van der Waals surface area contributed by atoms with E-state index in [0.29, 0.717) is 18.8 Å². The van der Waals surface area contributed by atoms with Gasteiger partial charge in [-0.2, -0.15) is 0 Å². The molecule has 0 aromatic heterocycles. The minimum absolute atomic E-state index is 0.0158. The molecule has 1 saturated heterocycles. The van der Waals surface area contributed by atoms with Crippen LogP contribution in [0, 0.1) is 34.5 Å². The van der Waals surface area contributed by atoms with E-state index >= 15 is 0 Å². The summed E-state index contributed by atoms with van der Waals surface area (Å²) in [5.41, 5.74) is -0.879. The fourth-order valence-electron chi connectivity index (χ4n) is 10.2. The first-order valence-electron chi connectivity index (χ1n) is 15.5. The number of hydrogen-bond acceptors (Lipinski definition) is 11. The predicted octanol–water partition coefficient (Wildman–Crippen LogP) is 0.970. The van der Waals surface area contributed by atoms with Gasteiger partial charge in [-0.3, -0.25) is 4.79 Å². The van der Waals surface area contributed by atoms with Crippen molar-refractivity contribution in [2.24, 2.45) is 34.5 Å². The van der Waals surface area contributed by atoms with E-state index in [1.165, 1.54) is 13.0 Å². The largest absolute Gasteiger partial charge is 0.462 e. The Hall–Kier alpha value is -1.60. The van der Waals surface area contributed by atoms with E-state index < -0.39 is 66.4 Å². The summed E-state index contributed by atoms with van der Waals surface area (Å²) >= 11 is 0. The zero-order chi connectivity index (χ0) is 30.2. The first-order chi connectivity index (χ1) is 19.8. The van der Waals surface area contributed by atoms with Crippen LogP contribution in [0.4, 0.5) is 0 Å². The van der Waals surface area contributed by atoms with Crippen molar-refractivity contribution in [1.29, 1.82) is 0 Å². The van der Waals surface area contributed by atoms with Crippen molar-refractivity contribution < 1.29 is 54.1 Å². The number of carbonyl (C=O) groups is 2. The molecular weight excluding hydrogens is 548 g/mol. The molecule has 0 radical (unpaired) electrons. The number of carbonyl (C=O) groups excluding carboxylic acids is 2. The Morgan fingerprint density at radius 2 is 1.81 bits per heavy atom. The third kappa shape index (κ3) is 4.57. The Bertz CT molecular complexity index is 1110. The van der Waals surface area contributed by atoms with Crippen LogP contribution in [0.15, 0.2) is 11.6 Å². The van der Waals surface area contributed by atoms with E-state index in [0.717, 1.165) is 44.1 Å². The lowest BCUT2D eigenvalue weighted by molar-refractivity contribution is -0.317. The van der Waals surface area contributed by atoms with Gasteiger partial charge < -0.3 is 44.5 Å². The molecule has 0 aromatic carbocycles. The Balaban J connectivity index is 1.20. The van der Waals surface area contributed by atoms with Crippen LogP contribution in [0.1, 0.15) is 72.1 Å². The van der Waals surface area contributed by atoms with Crippen molar-refractivity contribution in [3.8, 4) is 0 Å². The average molecular weight is 595 g/mol. The van der Waals surface area contributed by atoms with Crippen molar-refractivity contribution in [3.63, 3.8) is 0 Å². The molecule has 0 bridgehead atoms. The molecule has 5 fully saturated rings. The van der Waals surface area contributed by atoms with Gasteiger partial charge in [0.05, 0.1) is 18.3 Å². The van der Waals surface area contributed by atoms with Gasteiger partial charge >= 0.3 is 11.9 Å². The molecule has 6 aliphatic rings. The van der Waals surface area contributed by atoms with E-state index in [1.807, 2.05) is 0 Å². The lowest BCUT2D eigenvalue weighted by Crippen LogP contribution is -2.63. The van der Waals surface area contributed by atoms with Gasteiger partial charge in [-0.25, -0.2) is 4.79 Å². The predicted molar refractivity (Wildman–Crippen MR) is 145 cm³/mol. The van der Waals surface area contributed by atoms with Gasteiger partial charge in [-0.05, 0) is 73.7 Å². The second-order valence-electron chi connectivity index (χ2n) is 14.3. The second kappa shape index (κ2) is 10.8. The zero-order valence-electron chi connectivity index (χ0n) is 24.7. The maximum absolute atomic E-state index is 12.7. The zero-order valence-corrected chi connectivity index (χ0v) is 24.7. The fourth-order valence-corrected chi connectivity index (χ4v) is 10.2. The van der Waals surface area contributed by atoms with Crippen LogP contribution in [0.25, 0.3) is 0 Å². The first kappa shape index (κ1) is 30.4. The van der Waals surface area contributed by atoms with E-state index in [4.69, 9.17) is 18.9 Å². The molecule has 14 atom stereocenters. The maximum Gasteiger partial charge on any atom is 0.331 e. The molecule has 42 heavy (non-hydrogen) atoms. The highest BCUT2D eigenvalue weighted by Gasteiger charge is 2.71. The van der Waals surface area contributed by atoms with E-state index in [-0.39, 0.29) is 35.9 Å². The average Bonchev–Trinajstić information content (AvgIpc) is 3.45. The summed E-state index contributed by atoms with van der Waals surface area (Å²) in [5.74, 6) is -0.481. The second-order valence-corrected chi connectivity index (χ2v) is 14.3. The van der Waals surface area contributed by atoms with Crippen molar-refractivity contribution >= 4 is 11.9 Å². The van der Waals surface area contributed by atoms with Crippen molar-refractivity contribution in [3.05, 3.63) is 11.6 Å². The SMILES string of the molecule is CC(=O)O[C@H]1C[C@]2(O)[C@@H]3CC[C@@H]4C[C@@H](O[C@@H]5O[C@H](CO)[C@@H](O)[C@H](O)[C@H]5O)CC[C@]4(C)[C@H]3CC[C@]2(C)[C@H]1C1=CC(=O)OC1. The van der Waals surface area contributed by atoms with Gasteiger partial charge in [0.2, 0.25) is 0 Å². The Kier molecular flexibility index (Phi) is 7.81. The van der Waals surface area contributed by atoms with Crippen LogP contribution >= 0.6 is 0 Å². The van der Waals surface area contributed by atoms with Crippen molar-refractivity contribution in [2.75, 3.05) is 13.2 Å². The number of hydrogen-bond donors (Lipinski definition) is 5. The third-order valence-corrected chi connectivity index (χ3v) is 12.4. The molecule has 11 heteroatoms. The first-order valence-corrected chi connectivity index (χ1v) is 15.5. The van der Waals surface area contributed by atoms with Gasteiger partial charge in [-0.15, -0.1) is 0 Å². The molecule has 0 spiro atoms. The maximum atomic E-state index is 12.7. The molecule has 5 N–H and O–H groups in total. The monoisotopic (exact) mass is 594 g/mol. The normalized spacial score (nSPS) is 52.0. The van der Waals surface area contributed by atoms with E-state index in [9.17, 15) is 35.1 Å². The molecule has 0 unspecified atom stereocenters. The molecule has 2 aliphatic heterocycles. The summed E-state index contributed by atoms with van der Waals surface area (Å²) in [6, 6.07) is 0. The van der Waals surface area contributed by atoms with Gasteiger partial charge in [0.1, 0.15) is 37.1 Å². The van der Waals surface area contributed by atoms with Gasteiger partial charge in [0.15, 0.2) is 6.29 Å². The molecule has 11 nitrogen and oxygen atoms in total. The van der Waals surface area contributed by atoms with Crippen LogP contribution in [0.3, 0.4) is 0 Å². The number of esters is 2. The molecule has 4 saturated carbocycles. The van der Waals surface area contributed by atoms with Crippen LogP contribution in [-0.2, 0) is 28.5 Å². The topological polar surface area (TPSA) is 172 Å². The summed E-state index contributed by atoms with van der Waals surface area (Å²) in [7, 11) is 0. The summed E-state index contributed by atoms with van der Waals surface area (Å²) in [6.07, 6.45) is 0.323. The third-order valence-electron chi connectivity index (χ3n) is 12.4. The standard InChI is InChI=1S/C31H46O11/c1-15(33)40-21-12-31(38)20-5-4-17-11-18(41-28-27(37)26(36)25(35)22(13-32)42-28)6-8-29(17,2)19(20)7-9-30(31,3)24(21)16-10-23(34)39-14-16/h10,17-22,24-28,32,35-38H,4-9,11-14H2,1-3H3/t17-,18+,19+,20-,21+,22-,24+,25-,26+,27-,28-,29+,30-,31+/m1/s1. The van der Waals surface area contributed by atoms with Crippen molar-refractivity contribution in [1.82, 2.24) is 0 Å². The molecule has 2 heterocycles. The highest BCUT2D eigenvalue weighted by Crippen LogP contribution is 2.70. The summed E-state index contributed by atoms with van der Waals surface area (Å²) < 4.78 is 22.8. The number of ether oxygens (including phenoxy) is 4. The van der Waals surface area contributed by atoms with E-state index in [2.05, 4.69) is 13.8 Å². The highest BCUT2D eigenvalue weighted by atomic mass is 16.7. The van der Waals surface area contributed by atoms with Crippen LogP contribution in [0.5, 0.6) is 0 Å². The molecule has 236 valence electrons. The van der Waals surface area contributed by atoms with Crippen LogP contribution < -0.4 is 0 Å². The highest BCUT2D eigenvalue weighted by molar-refractivity contribution is 5.85. The van der Waals surface area contributed by atoms with Crippen LogP contribution in [-0.4, -0.2) is 99.2 Å². The van der Waals surface area contributed by atoms with Crippen LogP contribution in [0.2, 0.25) is 0 Å². The minimum Gasteiger partial charge on any atom is -0.462 e. The molecule has 4 aliphatic carbocycles. The number of aliphatic hydroxyl groups is 5. The summed E-state index contributed by atoms with van der Waals surface area (Å²) in [6.45, 7) is 5.47. The van der Waals surface area contributed by atoms with E-state index in [1.54, 1.807) is 0 Å². The van der Waals surface area contributed by atoms with Gasteiger partial charge in [0, 0.05) is 30.8 Å². The Morgan fingerprint density at radius 3 is 2.48 bits per heavy atom. The van der Waals surface area contributed by atoms with Gasteiger partial charge in [0.25, 0.3) is 0 Å². The Labute approximate surface area is 246 Å². The number of aliphatic hydroxyl groups excluding tert-OH is 4. The fraction of sp³-hybridized carbons (Fsp3) is 0.871. The number of fused-ring (bicyclic) bond motifs is 5. The molecule has 0 amide bonds. The van der Waals surface area contributed by atoms with Crippen molar-refractivity contribution in [2.45, 2.75) is 121 Å². The smallest absolute Gasteiger partial charge is 0.331 e. The summed E-state index contributed by atoms with van der Waals surface area (Å²) in [4.78, 5) is 24.1. The quantitative estimate of drug-likeness (QED) is 0.227. The molecular formula is C31H46O11. The van der Waals surface area contributed by atoms with Gasteiger partial charge in [-0.1, -0.05) is 13.8 Å². The lowest BCUT2D eigenvalue weighted by atomic mass is 9.43. The summed E-state index contributed by atoms with van der Waals surface area (Å²) in [5, 5.41) is 53.0. The molecule has 6 rings (SSSR count). The lowest BCUT2D eigenvalue weighted by Gasteiger charge is -2.63. The minimum atomic E-state index is -1.47. The number of rotatable bonds is 5. The number of cyclic esters (lactones) is 1. The Morgan fingerprint density at radius 1 is 1.05 bits per heavy atom.